The van der Waals surface area contributed by atoms with Crippen molar-refractivity contribution in [2.75, 3.05) is 0 Å². The molecule has 0 aliphatic heterocycles. The first-order valence-electron chi connectivity index (χ1n) is 15.6. The fraction of sp³-hybridized carbons (Fsp3) is 0.176. The van der Waals surface area contributed by atoms with Gasteiger partial charge in [0.25, 0.3) is 0 Å². The van der Waals surface area contributed by atoms with Crippen LogP contribution in [0, 0.1) is 13.7 Å². The SMILES string of the molecule is [2H]C([2H])([2H])c1ccc2c(n1)oc1c(-c3cc(-c4cc5ccc4CCc4ccc(cc4)CC5)c(C([2H])([2H])[2H])cn3)cccc12. The summed E-state index contributed by atoms with van der Waals surface area (Å²) in [5.41, 5.74) is 8.46. The molecule has 0 spiro atoms. The second-order valence-corrected chi connectivity index (χ2v) is 9.76. The summed E-state index contributed by atoms with van der Waals surface area (Å²) in [6, 6.07) is 25.9. The van der Waals surface area contributed by atoms with E-state index in [2.05, 4.69) is 52.4 Å². The zero-order valence-electron chi connectivity index (χ0n) is 26.2. The smallest absolute Gasteiger partial charge is 0.227 e. The molecule has 10 rings (SSSR count). The average Bonchev–Trinajstić information content (AvgIpc) is 3.35. The minimum absolute atomic E-state index is 0.0362. The lowest BCUT2D eigenvalue weighted by Gasteiger charge is -2.17. The van der Waals surface area contributed by atoms with E-state index in [1.54, 1.807) is 6.07 Å². The van der Waals surface area contributed by atoms with Crippen molar-refractivity contribution in [3.8, 4) is 22.4 Å². The summed E-state index contributed by atoms with van der Waals surface area (Å²) in [5.74, 6) is 0. The van der Waals surface area contributed by atoms with E-state index in [0.717, 1.165) is 47.8 Å². The minimum Gasteiger partial charge on any atom is -0.437 e. The highest BCUT2D eigenvalue weighted by Crippen LogP contribution is 2.37. The molecule has 4 aliphatic carbocycles. The molecule has 180 valence electrons. The number of rotatable bonds is 2. The summed E-state index contributed by atoms with van der Waals surface area (Å²) in [6.07, 6.45) is 4.82. The van der Waals surface area contributed by atoms with Gasteiger partial charge in [0.1, 0.15) is 5.58 Å². The van der Waals surface area contributed by atoms with Crippen LogP contribution in [0.3, 0.4) is 0 Å². The highest BCUT2D eigenvalue weighted by molar-refractivity contribution is 6.08. The van der Waals surface area contributed by atoms with Gasteiger partial charge >= 0.3 is 0 Å². The van der Waals surface area contributed by atoms with Gasteiger partial charge in [0.2, 0.25) is 5.71 Å². The van der Waals surface area contributed by atoms with E-state index in [9.17, 15) is 0 Å². The Kier molecular flexibility index (Phi) is 3.88. The Balaban J connectivity index is 1.41. The molecule has 0 saturated carbocycles. The predicted molar refractivity (Wildman–Crippen MR) is 151 cm³/mol. The fourth-order valence-corrected chi connectivity index (χ4v) is 5.39. The zero-order chi connectivity index (χ0) is 29.9. The number of benzene rings is 3. The molecular formula is C34H28N2O. The first kappa shape index (κ1) is 16.5. The molecule has 0 saturated heterocycles. The van der Waals surface area contributed by atoms with Gasteiger partial charge < -0.3 is 4.42 Å². The Bertz CT molecular complexity index is 2010. The maximum Gasteiger partial charge on any atom is 0.227 e. The number of furan rings is 1. The van der Waals surface area contributed by atoms with E-state index in [1.165, 1.54) is 23.4 Å². The molecule has 3 heterocycles. The zero-order valence-corrected chi connectivity index (χ0v) is 20.2. The second kappa shape index (κ2) is 8.70. The quantitative estimate of drug-likeness (QED) is 0.247. The first-order valence-corrected chi connectivity index (χ1v) is 12.6. The van der Waals surface area contributed by atoms with Crippen LogP contribution < -0.4 is 0 Å². The second-order valence-electron chi connectivity index (χ2n) is 9.76. The fourth-order valence-electron chi connectivity index (χ4n) is 5.39. The van der Waals surface area contributed by atoms with E-state index in [-0.39, 0.29) is 17.0 Å². The first-order chi connectivity index (χ1) is 20.5. The molecule has 3 heteroatoms. The molecule has 6 aromatic rings. The van der Waals surface area contributed by atoms with Crippen molar-refractivity contribution in [1.29, 1.82) is 0 Å². The lowest BCUT2D eigenvalue weighted by Crippen LogP contribution is -2.01. The molecule has 0 fully saturated rings. The summed E-state index contributed by atoms with van der Waals surface area (Å²) >= 11 is 0. The molecule has 3 nitrogen and oxygen atoms in total. The molecule has 4 aliphatic rings. The van der Waals surface area contributed by atoms with Crippen LogP contribution >= 0.6 is 0 Å². The van der Waals surface area contributed by atoms with Crippen LogP contribution in [0.25, 0.3) is 44.5 Å². The summed E-state index contributed by atoms with van der Waals surface area (Å²) in [7, 11) is 0. The minimum atomic E-state index is -2.37. The van der Waals surface area contributed by atoms with E-state index in [1.807, 2.05) is 24.3 Å². The van der Waals surface area contributed by atoms with Gasteiger partial charge in [0.15, 0.2) is 0 Å². The summed E-state index contributed by atoms with van der Waals surface area (Å²) in [6.45, 7) is -4.72. The summed E-state index contributed by atoms with van der Waals surface area (Å²) in [4.78, 5) is 8.91. The highest BCUT2D eigenvalue weighted by Gasteiger charge is 2.17. The normalized spacial score (nSPS) is 16.3. The number of hydrogen-bond acceptors (Lipinski definition) is 3. The van der Waals surface area contributed by atoms with Crippen LogP contribution in [0.4, 0.5) is 0 Å². The highest BCUT2D eigenvalue weighted by atomic mass is 16.3. The lowest BCUT2D eigenvalue weighted by molar-refractivity contribution is 0.653. The van der Waals surface area contributed by atoms with E-state index >= 15 is 0 Å². The molecule has 3 aromatic carbocycles. The molecular weight excluding hydrogens is 452 g/mol. The van der Waals surface area contributed by atoms with Gasteiger partial charge in [-0.15, -0.1) is 0 Å². The van der Waals surface area contributed by atoms with Crippen LogP contribution in [-0.4, -0.2) is 9.97 Å². The van der Waals surface area contributed by atoms with Gasteiger partial charge in [-0.3, -0.25) is 4.98 Å². The maximum atomic E-state index is 8.36. The molecule has 0 amide bonds. The largest absolute Gasteiger partial charge is 0.437 e. The number of hydrogen-bond donors (Lipinski definition) is 0. The Morgan fingerprint density at radius 2 is 1.51 bits per heavy atom. The van der Waals surface area contributed by atoms with Crippen molar-refractivity contribution >= 4 is 22.1 Å². The van der Waals surface area contributed by atoms with Gasteiger partial charge in [0, 0.05) is 36.5 Å². The Labute approximate surface area is 225 Å². The van der Waals surface area contributed by atoms with Crippen LogP contribution in [-0.2, 0) is 25.7 Å². The van der Waals surface area contributed by atoms with E-state index in [0.29, 0.717) is 27.8 Å². The Morgan fingerprint density at radius 1 is 0.703 bits per heavy atom. The van der Waals surface area contributed by atoms with Gasteiger partial charge in [0.05, 0.1) is 5.69 Å². The average molecular weight is 487 g/mol. The summed E-state index contributed by atoms with van der Waals surface area (Å²) in [5, 5.41) is 1.48. The van der Waals surface area contributed by atoms with Gasteiger partial charge in [-0.05, 0) is 103 Å². The van der Waals surface area contributed by atoms with E-state index in [4.69, 9.17) is 12.6 Å². The number of aryl methyl sites for hydroxylation is 6. The van der Waals surface area contributed by atoms with Gasteiger partial charge in [-0.1, -0.05) is 54.6 Å². The van der Waals surface area contributed by atoms with Crippen molar-refractivity contribution in [3.63, 3.8) is 0 Å². The standard InChI is InChI=1S/C34H28N2O/c1-21-20-35-32(29-5-3-4-27-28-17-6-22(2)36-34(28)37-33(27)29)19-30(21)31-18-25-12-11-23-7-9-24(10-8-23)13-15-26(31)16-14-25/h3-10,14,16-20H,11-13,15H2,1-2H3/i1D3,2D3. The van der Waals surface area contributed by atoms with Crippen molar-refractivity contribution in [2.45, 2.75) is 39.4 Å². The summed E-state index contributed by atoms with van der Waals surface area (Å²) < 4.78 is 54.5. The van der Waals surface area contributed by atoms with Crippen molar-refractivity contribution < 1.29 is 12.6 Å². The van der Waals surface area contributed by atoms with E-state index < -0.39 is 13.7 Å². The number of fused-ring (bicyclic) bond motifs is 3. The molecule has 0 radical (unpaired) electrons. The molecule has 0 unspecified atom stereocenters. The number of pyridine rings is 2. The molecule has 0 atom stereocenters. The van der Waals surface area contributed by atoms with Gasteiger partial charge in [-0.25, -0.2) is 4.98 Å². The Morgan fingerprint density at radius 3 is 2.35 bits per heavy atom. The maximum absolute atomic E-state index is 8.36. The molecule has 37 heavy (non-hydrogen) atoms. The number of aromatic nitrogens is 2. The van der Waals surface area contributed by atoms with Crippen molar-refractivity contribution in [1.82, 2.24) is 9.97 Å². The lowest BCUT2D eigenvalue weighted by atomic mass is 9.89. The topological polar surface area (TPSA) is 38.9 Å². The van der Waals surface area contributed by atoms with Crippen LogP contribution in [0.5, 0.6) is 0 Å². The molecule has 0 N–H and O–H groups in total. The third kappa shape index (κ3) is 3.92. The molecule has 4 bridgehead atoms. The molecule has 3 aromatic heterocycles. The third-order valence-corrected chi connectivity index (χ3v) is 7.42. The number of para-hydroxylation sites is 1. The monoisotopic (exact) mass is 486 g/mol. The van der Waals surface area contributed by atoms with Crippen LogP contribution in [0.1, 0.15) is 41.7 Å². The van der Waals surface area contributed by atoms with Gasteiger partial charge in [-0.2, -0.15) is 0 Å². The van der Waals surface area contributed by atoms with Crippen molar-refractivity contribution in [2.24, 2.45) is 0 Å². The Hall–Kier alpha value is -4.24. The van der Waals surface area contributed by atoms with Crippen LogP contribution in [0.15, 0.2) is 89.5 Å². The predicted octanol–water partition coefficient (Wildman–Crippen LogP) is 8.21. The number of nitrogens with zero attached hydrogens (tertiary/aromatic N) is 2. The van der Waals surface area contributed by atoms with Crippen LogP contribution in [0.2, 0.25) is 0 Å². The third-order valence-electron chi connectivity index (χ3n) is 7.42. The van der Waals surface area contributed by atoms with Crippen molar-refractivity contribution in [3.05, 3.63) is 119 Å².